The third-order valence-electron chi connectivity index (χ3n) is 25.2. The van der Waals surface area contributed by atoms with Crippen molar-refractivity contribution in [2.75, 3.05) is 161 Å². The first kappa shape index (κ1) is 91.3. The molecule has 29 nitrogen and oxygen atoms in total. The maximum atomic E-state index is 14.4. The highest BCUT2D eigenvalue weighted by Gasteiger charge is 2.33. The van der Waals surface area contributed by atoms with E-state index in [1.165, 1.54) is 42.0 Å². The number of benzene rings is 6. The van der Waals surface area contributed by atoms with Crippen LogP contribution in [0.2, 0.25) is 10.0 Å². The molecule has 696 valence electrons. The standard InChI is InChI=1S/C19H22N4O.C18H20N4O.C17H17ClN4.C17H17FN4O.C17H18N4O.C16H15ClN4O/c1-14-4-6-15(7-5-14)23-17-12-20-9-8-16(17)18(21-23)22-10-11-24-19(2,3)13-22;1-13-3-5-14(6-4-13)22-17-11-19-9-7-16(17)18(20-22)21-10-8-15(12-21)23-2;18-13-4-6-14(7-5-13)22-16-12-19-9-8-15(16)17(20-22)21-10-2-1-3-11-21;1-12-2-3-15(14(18)10-12)22-16-11-19-5-4-13(16)17(20-22)21-6-8-23-9-7-21;1-13-2-4-14(5-3-13)21-16-12-18-7-6-15(16)17(19-21)20-8-10-22-11-9-20;17-12-1-3-13(4-2-12)21-15-11-18-6-5-14(15)16(19-21)20-7-9-22-10-8-20/h4-9,12H,10-11,13H2,1-3H3;3-7,9,11,15H,8,10,12H2,1-2H3;4-9,12H,1-3,10-11H2;2-5,10-11H,6-9H2,1H3;2-7,12H,8-11H2,1H3;1-6,11H,7-10H2. The summed E-state index contributed by atoms with van der Waals surface area (Å²) in [4.78, 5) is 39.3. The average molecular weight is 1870 g/mol. The lowest BCUT2D eigenvalue weighted by Crippen LogP contribution is -2.48. The topological polar surface area (TPSA) is 250 Å². The molecule has 6 saturated heterocycles. The van der Waals surface area contributed by atoms with Crippen molar-refractivity contribution in [3.8, 4) is 34.1 Å². The first-order valence-corrected chi connectivity index (χ1v) is 47.1. The SMILES string of the molecule is COC1CCN(c2nn(-c3ccc(C)cc3)c3cnccc23)C1.Cc1ccc(-n2nc(N3CCOC(C)(C)C3)c3ccncc32)cc1.Cc1ccc(-n2nc(N3CCOCC3)c3ccncc32)c(F)c1.Cc1ccc(-n2nc(N3CCOCC3)c3ccncc32)cc1.Clc1ccc(-n2nc(N3CCCCC3)c3ccncc32)cc1.Clc1ccc(-n2nc(N3CCOCC3)c3ccncc32)cc1. The Morgan fingerprint density at radius 3 is 0.926 bits per heavy atom. The van der Waals surface area contributed by atoms with Crippen molar-refractivity contribution in [1.29, 1.82) is 0 Å². The summed E-state index contributed by atoms with van der Waals surface area (Å²) in [5.74, 6) is 5.65. The molecule has 0 aliphatic carbocycles. The van der Waals surface area contributed by atoms with Crippen LogP contribution in [-0.4, -0.2) is 232 Å². The first-order chi connectivity index (χ1) is 66.5. The van der Waals surface area contributed by atoms with E-state index >= 15 is 0 Å². The highest BCUT2D eigenvalue weighted by molar-refractivity contribution is 6.31. The molecule has 18 aromatic rings. The molecular weight excluding hydrogens is 1760 g/mol. The summed E-state index contributed by atoms with van der Waals surface area (Å²) in [7, 11) is 1.78. The number of hydrogen-bond donors (Lipinski definition) is 0. The van der Waals surface area contributed by atoms with Crippen LogP contribution in [0.1, 0.15) is 61.8 Å². The van der Waals surface area contributed by atoms with E-state index < -0.39 is 0 Å². The van der Waals surface area contributed by atoms with Crippen LogP contribution in [0.5, 0.6) is 0 Å². The largest absolute Gasteiger partial charge is 0.380 e. The molecule has 12 aromatic heterocycles. The molecule has 0 amide bonds. The predicted octanol–water partition coefficient (Wildman–Crippen LogP) is 18.5. The van der Waals surface area contributed by atoms with Gasteiger partial charge in [-0.15, -0.1) is 30.6 Å². The normalized spacial score (nSPS) is 16.2. The van der Waals surface area contributed by atoms with Crippen molar-refractivity contribution >= 4 is 124 Å². The van der Waals surface area contributed by atoms with E-state index in [1.54, 1.807) is 36.4 Å². The van der Waals surface area contributed by atoms with E-state index in [9.17, 15) is 4.39 Å². The lowest BCUT2D eigenvalue weighted by atomic mass is 10.1. The summed E-state index contributed by atoms with van der Waals surface area (Å²) in [5.41, 5.74) is 16.0. The molecule has 0 N–H and O–H groups in total. The van der Waals surface area contributed by atoms with Gasteiger partial charge in [-0.3, -0.25) is 29.9 Å². The van der Waals surface area contributed by atoms with Crippen molar-refractivity contribution in [3.05, 3.63) is 288 Å². The van der Waals surface area contributed by atoms with Crippen LogP contribution in [0.3, 0.4) is 0 Å². The number of halogens is 3. The summed E-state index contributed by atoms with van der Waals surface area (Å²) < 4.78 is 53.5. The van der Waals surface area contributed by atoms with Gasteiger partial charge in [0.1, 0.15) is 11.5 Å². The van der Waals surface area contributed by atoms with Gasteiger partial charge in [-0.1, -0.05) is 82.4 Å². The Balaban J connectivity index is 0.000000105. The van der Waals surface area contributed by atoms with E-state index in [1.807, 2.05) is 171 Å². The Labute approximate surface area is 798 Å². The van der Waals surface area contributed by atoms with E-state index in [0.29, 0.717) is 23.9 Å². The summed E-state index contributed by atoms with van der Waals surface area (Å²) in [6.45, 7) is 28.2. The van der Waals surface area contributed by atoms with Gasteiger partial charge in [-0.05, 0) is 206 Å². The number of piperidine rings is 1. The minimum atomic E-state index is -0.285. The fraction of sp³-hybridized carbons (Fsp3) is 0.308. The van der Waals surface area contributed by atoms with E-state index in [-0.39, 0.29) is 17.5 Å². The molecule has 18 heterocycles. The summed E-state index contributed by atoms with van der Waals surface area (Å²) in [6.07, 6.45) is 27.1. The second kappa shape index (κ2) is 41.6. The van der Waals surface area contributed by atoms with Gasteiger partial charge < -0.3 is 53.1 Å². The Morgan fingerprint density at radius 2 is 0.610 bits per heavy atom. The first-order valence-electron chi connectivity index (χ1n) is 46.4. The van der Waals surface area contributed by atoms with Crippen molar-refractivity contribution in [1.82, 2.24) is 88.6 Å². The second-order valence-corrected chi connectivity index (χ2v) is 36.0. The third-order valence-corrected chi connectivity index (χ3v) is 25.7. The number of hydrogen-bond acceptors (Lipinski definition) is 23. The van der Waals surface area contributed by atoms with Crippen molar-refractivity contribution in [2.45, 2.75) is 78.9 Å². The Hall–Kier alpha value is -13.9. The maximum absolute atomic E-state index is 14.4. The molecule has 0 saturated carbocycles. The zero-order chi connectivity index (χ0) is 93.2. The Morgan fingerprint density at radius 1 is 0.324 bits per heavy atom. The molecule has 6 aromatic carbocycles. The van der Waals surface area contributed by atoms with Gasteiger partial charge in [-0.2, -0.15) is 0 Å². The van der Waals surface area contributed by atoms with Crippen LogP contribution in [0, 0.1) is 33.5 Å². The number of methoxy groups -OCH3 is 1. The monoisotopic (exact) mass is 1860 g/mol. The van der Waals surface area contributed by atoms with Gasteiger partial charge in [0.2, 0.25) is 0 Å². The van der Waals surface area contributed by atoms with Crippen LogP contribution in [-0.2, 0) is 23.7 Å². The number of nitrogens with zero attached hydrogens (tertiary/aromatic N) is 24. The minimum absolute atomic E-state index is 0.161. The van der Waals surface area contributed by atoms with Crippen LogP contribution in [0.15, 0.2) is 250 Å². The lowest BCUT2D eigenvalue weighted by Gasteiger charge is -2.38. The van der Waals surface area contributed by atoms with Gasteiger partial charge in [0.25, 0.3) is 0 Å². The number of pyridine rings is 6. The number of rotatable bonds is 13. The molecule has 1 atom stereocenters. The third kappa shape index (κ3) is 20.3. The summed E-state index contributed by atoms with van der Waals surface area (Å²) in [5, 5.41) is 37.1. The number of fused-ring (bicyclic) bond motifs is 6. The number of ether oxygens (including phenoxy) is 5. The van der Waals surface area contributed by atoms with Crippen LogP contribution in [0.4, 0.5) is 39.3 Å². The van der Waals surface area contributed by atoms with Crippen molar-refractivity contribution in [2.24, 2.45) is 0 Å². The van der Waals surface area contributed by atoms with Crippen molar-refractivity contribution < 1.29 is 28.1 Å². The zero-order valence-electron chi connectivity index (χ0n) is 77.4. The van der Waals surface area contributed by atoms with Gasteiger partial charge in [0.15, 0.2) is 34.9 Å². The van der Waals surface area contributed by atoms with Gasteiger partial charge in [0.05, 0.1) is 157 Å². The number of aryl methyl sites for hydroxylation is 4. The molecule has 0 bridgehead atoms. The van der Waals surface area contributed by atoms with Crippen LogP contribution in [0.25, 0.3) is 99.5 Å². The molecule has 6 aliphatic rings. The fourth-order valence-corrected chi connectivity index (χ4v) is 18.2. The summed E-state index contributed by atoms with van der Waals surface area (Å²) in [6, 6.07) is 57.9. The summed E-state index contributed by atoms with van der Waals surface area (Å²) >= 11 is 12.0. The zero-order valence-corrected chi connectivity index (χ0v) is 78.9. The Bertz CT molecular complexity index is 6780. The molecule has 136 heavy (non-hydrogen) atoms. The smallest absolute Gasteiger partial charge is 0.159 e. The van der Waals surface area contributed by atoms with Crippen LogP contribution >= 0.6 is 23.2 Å². The molecule has 6 aliphatic heterocycles. The minimum Gasteiger partial charge on any atom is -0.380 e. The number of aromatic nitrogens is 18. The molecule has 0 spiro atoms. The quantitative estimate of drug-likeness (QED) is 0.104. The van der Waals surface area contributed by atoms with Crippen molar-refractivity contribution in [3.63, 3.8) is 0 Å². The van der Waals surface area contributed by atoms with E-state index in [4.69, 9.17) is 72.4 Å². The number of morpholine rings is 4. The average Bonchev–Trinajstić information content (AvgIpc) is 1.62. The van der Waals surface area contributed by atoms with Gasteiger partial charge in [0, 0.05) is 165 Å². The number of anilines is 6. The molecule has 1 unspecified atom stereocenters. The molecule has 32 heteroatoms. The fourth-order valence-electron chi connectivity index (χ4n) is 18.0. The van der Waals surface area contributed by atoms with E-state index in [2.05, 4.69) is 178 Å². The maximum Gasteiger partial charge on any atom is 0.159 e. The molecule has 0 radical (unpaired) electrons. The van der Waals surface area contributed by atoms with Crippen LogP contribution < -0.4 is 29.4 Å². The highest BCUT2D eigenvalue weighted by Crippen LogP contribution is 2.38. The predicted molar refractivity (Wildman–Crippen MR) is 537 cm³/mol. The van der Waals surface area contributed by atoms with E-state index in [0.717, 1.165) is 257 Å². The Kier molecular flexibility index (Phi) is 27.9. The van der Waals surface area contributed by atoms with Gasteiger partial charge in [-0.25, -0.2) is 32.5 Å². The lowest BCUT2D eigenvalue weighted by molar-refractivity contribution is -0.0278. The molecular formula is C104H109Cl2FN24O5. The molecule has 24 rings (SSSR count). The molecule has 6 fully saturated rings. The highest BCUT2D eigenvalue weighted by atomic mass is 35.5. The second-order valence-electron chi connectivity index (χ2n) is 35.2. The van der Waals surface area contributed by atoms with Gasteiger partial charge >= 0.3 is 0 Å².